The molecule has 2 heterocycles. The number of hydrogen-bond donors (Lipinski definition) is 1. The highest BCUT2D eigenvalue weighted by atomic mass is 35.5. The number of halogens is 1. The fourth-order valence-corrected chi connectivity index (χ4v) is 1.62. The second-order valence-corrected chi connectivity index (χ2v) is 3.91. The molecule has 1 amide bonds. The number of methoxy groups -OCH3 is 1. The molecule has 0 spiro atoms. The molecule has 0 fully saturated rings. The van der Waals surface area contributed by atoms with Gasteiger partial charge in [0, 0.05) is 25.5 Å². The summed E-state index contributed by atoms with van der Waals surface area (Å²) in [6, 6.07) is 3.16. The summed E-state index contributed by atoms with van der Waals surface area (Å²) >= 11 is 5.90. The molecule has 18 heavy (non-hydrogen) atoms. The Morgan fingerprint density at radius 3 is 2.94 bits per heavy atom. The highest BCUT2D eigenvalue weighted by molar-refractivity contribution is 6.34. The highest BCUT2D eigenvalue weighted by Crippen LogP contribution is 2.18. The Hall–Kier alpha value is -2.08. The van der Waals surface area contributed by atoms with Gasteiger partial charge in [-0.1, -0.05) is 11.6 Å². The van der Waals surface area contributed by atoms with E-state index in [1.54, 1.807) is 19.2 Å². The lowest BCUT2D eigenvalue weighted by molar-refractivity contribution is 0.102. The Morgan fingerprint density at radius 1 is 1.56 bits per heavy atom. The van der Waals surface area contributed by atoms with Crippen LogP contribution >= 0.6 is 11.6 Å². The van der Waals surface area contributed by atoms with E-state index in [-0.39, 0.29) is 5.91 Å². The smallest absolute Gasteiger partial charge is 0.259 e. The molecule has 0 atom stereocenters. The van der Waals surface area contributed by atoms with E-state index >= 15 is 0 Å². The lowest BCUT2D eigenvalue weighted by Gasteiger charge is -2.02. The van der Waals surface area contributed by atoms with Crippen molar-refractivity contribution < 1.29 is 9.53 Å². The summed E-state index contributed by atoms with van der Waals surface area (Å²) in [4.78, 5) is 15.8. The molecular formula is C11H11ClN4O2. The molecule has 0 aliphatic carbocycles. The molecule has 0 saturated heterocycles. The summed E-state index contributed by atoms with van der Waals surface area (Å²) in [5.41, 5.74) is 0.295. The van der Waals surface area contributed by atoms with E-state index in [0.29, 0.717) is 22.3 Å². The average molecular weight is 267 g/mol. The van der Waals surface area contributed by atoms with Crippen LogP contribution in [0, 0.1) is 0 Å². The number of amides is 1. The van der Waals surface area contributed by atoms with E-state index < -0.39 is 0 Å². The molecule has 6 nitrogen and oxygen atoms in total. The number of pyridine rings is 1. The molecule has 0 aliphatic rings. The molecule has 0 aromatic carbocycles. The molecule has 0 bridgehead atoms. The summed E-state index contributed by atoms with van der Waals surface area (Å²) in [6.07, 6.45) is 2.92. The fraction of sp³-hybridized carbons (Fsp3) is 0.182. The molecule has 0 unspecified atom stereocenters. The number of carbonyl (C=O) groups excluding carboxylic acids is 1. The van der Waals surface area contributed by atoms with Crippen molar-refractivity contribution >= 4 is 23.3 Å². The molecule has 0 saturated carbocycles. The first-order valence-corrected chi connectivity index (χ1v) is 5.48. The number of ether oxygens (including phenoxy) is 1. The standard InChI is InChI=1S/C11H11ClN4O2/c1-16-10(18-2)5-9(15-16)14-11(17)7-6-13-4-3-8(7)12/h3-6H,1-2H3,(H,14,15,17). The van der Waals surface area contributed by atoms with Crippen LogP contribution in [0.1, 0.15) is 10.4 Å². The predicted octanol–water partition coefficient (Wildman–Crippen LogP) is 1.73. The Balaban J connectivity index is 2.19. The van der Waals surface area contributed by atoms with Crippen molar-refractivity contribution in [1.29, 1.82) is 0 Å². The molecule has 0 radical (unpaired) electrons. The van der Waals surface area contributed by atoms with Gasteiger partial charge in [0.15, 0.2) is 5.82 Å². The van der Waals surface area contributed by atoms with Gasteiger partial charge in [-0.05, 0) is 6.07 Å². The Bertz CT molecular complexity index is 582. The number of nitrogens with zero attached hydrogens (tertiary/aromatic N) is 3. The SMILES string of the molecule is COc1cc(NC(=O)c2cnccc2Cl)nn1C. The third-order valence-electron chi connectivity index (χ3n) is 2.30. The zero-order chi connectivity index (χ0) is 13.1. The van der Waals surface area contributed by atoms with E-state index in [4.69, 9.17) is 16.3 Å². The largest absolute Gasteiger partial charge is 0.481 e. The maximum absolute atomic E-state index is 11.9. The van der Waals surface area contributed by atoms with Crippen LogP contribution in [0.4, 0.5) is 5.82 Å². The Kier molecular flexibility index (Phi) is 3.47. The topological polar surface area (TPSA) is 69.0 Å². The number of aromatic nitrogens is 3. The van der Waals surface area contributed by atoms with E-state index in [1.165, 1.54) is 24.2 Å². The first kappa shape index (κ1) is 12.4. The monoisotopic (exact) mass is 266 g/mol. The summed E-state index contributed by atoms with van der Waals surface area (Å²) < 4.78 is 6.56. The van der Waals surface area contributed by atoms with Crippen LogP contribution in [0.3, 0.4) is 0 Å². The van der Waals surface area contributed by atoms with Crippen molar-refractivity contribution in [2.24, 2.45) is 7.05 Å². The van der Waals surface area contributed by atoms with Gasteiger partial charge in [0.25, 0.3) is 5.91 Å². The van der Waals surface area contributed by atoms with Crippen LogP contribution in [0.5, 0.6) is 5.88 Å². The van der Waals surface area contributed by atoms with Gasteiger partial charge in [0.1, 0.15) is 0 Å². The minimum Gasteiger partial charge on any atom is -0.481 e. The van der Waals surface area contributed by atoms with E-state index in [2.05, 4.69) is 15.4 Å². The van der Waals surface area contributed by atoms with Crippen LogP contribution in [-0.4, -0.2) is 27.8 Å². The van der Waals surface area contributed by atoms with Crippen molar-refractivity contribution in [3.05, 3.63) is 35.1 Å². The van der Waals surface area contributed by atoms with Gasteiger partial charge < -0.3 is 10.1 Å². The van der Waals surface area contributed by atoms with Gasteiger partial charge in [-0.25, -0.2) is 4.68 Å². The maximum atomic E-state index is 11.9. The van der Waals surface area contributed by atoms with Gasteiger partial charge in [-0.2, -0.15) is 5.10 Å². The van der Waals surface area contributed by atoms with Crippen LogP contribution in [0.2, 0.25) is 5.02 Å². The molecule has 7 heteroatoms. The minimum absolute atomic E-state index is 0.295. The number of rotatable bonds is 3. The first-order valence-electron chi connectivity index (χ1n) is 5.10. The molecule has 94 valence electrons. The number of carbonyl (C=O) groups is 1. The Morgan fingerprint density at radius 2 is 2.33 bits per heavy atom. The zero-order valence-corrected chi connectivity index (χ0v) is 10.6. The number of nitrogens with one attached hydrogen (secondary N) is 1. The molecule has 2 aromatic rings. The lowest BCUT2D eigenvalue weighted by atomic mass is 10.2. The van der Waals surface area contributed by atoms with Crippen LogP contribution in [0.25, 0.3) is 0 Å². The van der Waals surface area contributed by atoms with Crippen molar-refractivity contribution in [2.45, 2.75) is 0 Å². The normalized spacial score (nSPS) is 10.2. The van der Waals surface area contributed by atoms with E-state index in [1.807, 2.05) is 0 Å². The Labute approximate surface area is 109 Å². The van der Waals surface area contributed by atoms with Gasteiger partial charge in [0.05, 0.1) is 17.7 Å². The number of anilines is 1. The van der Waals surface area contributed by atoms with Crippen molar-refractivity contribution in [1.82, 2.24) is 14.8 Å². The number of aryl methyl sites for hydroxylation is 1. The van der Waals surface area contributed by atoms with Gasteiger partial charge in [-0.15, -0.1) is 0 Å². The molecular weight excluding hydrogens is 256 g/mol. The van der Waals surface area contributed by atoms with Crippen LogP contribution in [0.15, 0.2) is 24.5 Å². The van der Waals surface area contributed by atoms with E-state index in [0.717, 1.165) is 0 Å². The third-order valence-corrected chi connectivity index (χ3v) is 2.63. The summed E-state index contributed by atoms with van der Waals surface area (Å²) in [6.45, 7) is 0. The van der Waals surface area contributed by atoms with Crippen LogP contribution < -0.4 is 10.1 Å². The molecule has 2 rings (SSSR count). The highest BCUT2D eigenvalue weighted by Gasteiger charge is 2.13. The van der Waals surface area contributed by atoms with Gasteiger partial charge >= 0.3 is 0 Å². The van der Waals surface area contributed by atoms with Gasteiger partial charge in [0.2, 0.25) is 5.88 Å². The minimum atomic E-state index is -0.367. The zero-order valence-electron chi connectivity index (χ0n) is 9.85. The fourth-order valence-electron chi connectivity index (χ4n) is 1.43. The van der Waals surface area contributed by atoms with Gasteiger partial charge in [-0.3, -0.25) is 9.78 Å². The van der Waals surface area contributed by atoms with Crippen LogP contribution in [-0.2, 0) is 7.05 Å². The predicted molar refractivity (Wildman–Crippen MR) is 67.0 cm³/mol. The van der Waals surface area contributed by atoms with E-state index in [9.17, 15) is 4.79 Å². The second-order valence-electron chi connectivity index (χ2n) is 3.51. The lowest BCUT2D eigenvalue weighted by Crippen LogP contribution is -2.13. The first-order chi connectivity index (χ1) is 8.61. The molecule has 1 N–H and O–H groups in total. The quantitative estimate of drug-likeness (QED) is 0.919. The summed E-state index contributed by atoms with van der Waals surface area (Å²) in [5, 5.41) is 7.03. The molecule has 0 aliphatic heterocycles. The molecule has 2 aromatic heterocycles. The average Bonchev–Trinajstić information content (AvgIpc) is 2.69. The summed E-state index contributed by atoms with van der Waals surface area (Å²) in [7, 11) is 3.24. The van der Waals surface area contributed by atoms with Crippen molar-refractivity contribution in [3.8, 4) is 5.88 Å². The number of hydrogen-bond acceptors (Lipinski definition) is 4. The second kappa shape index (κ2) is 5.05. The third kappa shape index (κ3) is 2.43. The van der Waals surface area contributed by atoms with Crippen molar-refractivity contribution in [3.63, 3.8) is 0 Å². The van der Waals surface area contributed by atoms with Crippen molar-refractivity contribution in [2.75, 3.05) is 12.4 Å². The maximum Gasteiger partial charge on any atom is 0.259 e. The summed E-state index contributed by atoms with van der Waals surface area (Å²) in [5.74, 6) is 0.565.